The third-order valence-electron chi connectivity index (χ3n) is 4.66. The average Bonchev–Trinajstić information content (AvgIpc) is 2.74. The minimum Gasteiger partial charge on any atom is -0.493 e. The second-order valence-corrected chi connectivity index (χ2v) is 8.09. The lowest BCUT2D eigenvalue weighted by atomic mass is 9.87. The van der Waals surface area contributed by atoms with Crippen molar-refractivity contribution in [1.82, 2.24) is 15.2 Å². The van der Waals surface area contributed by atoms with E-state index in [0.29, 0.717) is 29.6 Å². The van der Waals surface area contributed by atoms with Crippen molar-refractivity contribution in [2.45, 2.75) is 39.7 Å². The van der Waals surface area contributed by atoms with Crippen LogP contribution in [0.4, 0.5) is 5.82 Å². The second-order valence-electron chi connectivity index (χ2n) is 8.09. The van der Waals surface area contributed by atoms with E-state index in [-0.39, 0.29) is 5.41 Å². The van der Waals surface area contributed by atoms with Gasteiger partial charge in [-0.1, -0.05) is 45.0 Å². The number of H-pyrrole nitrogens is 1. The lowest BCUT2D eigenvalue weighted by molar-refractivity contribution is 0.284. The number of rotatable bonds is 7. The van der Waals surface area contributed by atoms with Crippen LogP contribution >= 0.6 is 0 Å². The Morgan fingerprint density at radius 3 is 2.55 bits per heavy atom. The fraction of sp³-hybridized carbons (Fsp3) is 0.304. The molecule has 2 N–H and O–H groups in total. The van der Waals surface area contributed by atoms with E-state index in [1.165, 1.54) is 5.56 Å². The number of hydrogen-bond acceptors (Lipinski definition) is 7. The van der Waals surface area contributed by atoms with E-state index in [4.69, 9.17) is 9.47 Å². The number of nitrogens with one attached hydrogen (secondary N) is 2. The molecule has 0 unspecified atom stereocenters. The fourth-order valence-electron chi connectivity index (χ4n) is 2.81. The highest BCUT2D eigenvalue weighted by Crippen LogP contribution is 2.29. The normalized spacial score (nSPS) is 11.5. The van der Waals surface area contributed by atoms with Crippen LogP contribution in [0.15, 0.2) is 52.4 Å². The van der Waals surface area contributed by atoms with Gasteiger partial charge in [0.25, 0.3) is 0 Å². The third-order valence-corrected chi connectivity index (χ3v) is 4.66. The van der Waals surface area contributed by atoms with Crippen molar-refractivity contribution in [2.75, 3.05) is 12.5 Å². The van der Waals surface area contributed by atoms with Gasteiger partial charge in [0.15, 0.2) is 17.3 Å². The summed E-state index contributed by atoms with van der Waals surface area (Å²) in [7, 11) is 1.59. The van der Waals surface area contributed by atoms with E-state index in [0.717, 1.165) is 11.1 Å². The van der Waals surface area contributed by atoms with Crippen molar-refractivity contribution in [2.24, 2.45) is 5.10 Å². The van der Waals surface area contributed by atoms with Gasteiger partial charge < -0.3 is 9.47 Å². The predicted octanol–water partition coefficient (Wildman–Crippen LogP) is 3.80. The SMILES string of the molecule is COc1cc(C=NNc2nc(=O)[nH]nc2C)ccc1OCc1ccc(C(C)(C)C)cc1. The summed E-state index contributed by atoms with van der Waals surface area (Å²) in [5.41, 5.74) is 6.00. The first kappa shape index (κ1) is 22.0. The van der Waals surface area contributed by atoms with E-state index < -0.39 is 5.69 Å². The van der Waals surface area contributed by atoms with E-state index in [1.807, 2.05) is 18.2 Å². The molecule has 0 atom stereocenters. The molecule has 0 radical (unpaired) electrons. The molecule has 0 spiro atoms. The Hall–Kier alpha value is -3.68. The zero-order valence-electron chi connectivity index (χ0n) is 18.4. The molecule has 1 aromatic heterocycles. The first-order chi connectivity index (χ1) is 14.8. The summed E-state index contributed by atoms with van der Waals surface area (Å²) in [6.45, 7) is 8.73. The standard InChI is InChI=1S/C23H27N5O3/c1-15-21(25-22(29)28-26-15)27-24-13-17-8-11-19(20(12-17)30-5)31-14-16-6-9-18(10-7-16)23(2,3)4/h6-13H,14H2,1-5H3,(H2,25,27,28,29). The molecule has 0 aliphatic carbocycles. The van der Waals surface area contributed by atoms with Crippen LogP contribution < -0.4 is 20.6 Å². The fourth-order valence-corrected chi connectivity index (χ4v) is 2.81. The maximum atomic E-state index is 11.3. The monoisotopic (exact) mass is 421 g/mol. The summed E-state index contributed by atoms with van der Waals surface area (Å²) >= 11 is 0. The van der Waals surface area contributed by atoms with Crippen molar-refractivity contribution in [3.8, 4) is 11.5 Å². The Kier molecular flexibility index (Phi) is 6.69. The largest absolute Gasteiger partial charge is 0.493 e. The van der Waals surface area contributed by atoms with E-state index in [9.17, 15) is 4.79 Å². The first-order valence-corrected chi connectivity index (χ1v) is 9.89. The number of ether oxygens (including phenoxy) is 2. The number of nitrogens with zero attached hydrogens (tertiary/aromatic N) is 3. The minimum atomic E-state index is -0.542. The van der Waals surface area contributed by atoms with Crippen molar-refractivity contribution in [3.63, 3.8) is 0 Å². The molecule has 0 aliphatic heterocycles. The molecule has 3 aromatic rings. The van der Waals surface area contributed by atoms with Gasteiger partial charge in [0.05, 0.1) is 13.3 Å². The molecule has 0 fully saturated rings. The van der Waals surface area contributed by atoms with Crippen LogP contribution in [0.2, 0.25) is 0 Å². The molecular weight excluding hydrogens is 394 g/mol. The van der Waals surface area contributed by atoms with Gasteiger partial charge >= 0.3 is 5.69 Å². The topological polar surface area (TPSA) is 101 Å². The van der Waals surface area contributed by atoms with Crippen molar-refractivity contribution >= 4 is 12.0 Å². The number of aromatic amines is 1. The molecule has 31 heavy (non-hydrogen) atoms. The predicted molar refractivity (Wildman–Crippen MR) is 121 cm³/mol. The highest BCUT2D eigenvalue weighted by atomic mass is 16.5. The molecule has 8 heteroatoms. The van der Waals surface area contributed by atoms with Crippen LogP contribution in [0, 0.1) is 6.92 Å². The highest BCUT2D eigenvalue weighted by molar-refractivity contribution is 5.81. The molecule has 0 amide bonds. The van der Waals surface area contributed by atoms with Crippen LogP contribution in [0.3, 0.4) is 0 Å². The lowest BCUT2D eigenvalue weighted by Crippen LogP contribution is -2.15. The number of aryl methyl sites for hydroxylation is 1. The Bertz CT molecular complexity index is 1120. The number of benzene rings is 2. The molecule has 2 aromatic carbocycles. The smallest absolute Gasteiger partial charge is 0.363 e. The number of hydrazone groups is 1. The number of hydrogen-bond donors (Lipinski definition) is 2. The zero-order valence-corrected chi connectivity index (χ0v) is 18.4. The number of methoxy groups -OCH3 is 1. The van der Waals surface area contributed by atoms with E-state index in [2.05, 4.69) is 70.7 Å². The maximum Gasteiger partial charge on any atom is 0.363 e. The highest BCUT2D eigenvalue weighted by Gasteiger charge is 2.13. The second kappa shape index (κ2) is 9.42. The summed E-state index contributed by atoms with van der Waals surface area (Å²) in [5.74, 6) is 1.54. The van der Waals surface area contributed by atoms with Crippen LogP contribution in [0.5, 0.6) is 11.5 Å². The molecular formula is C23H27N5O3. The van der Waals surface area contributed by atoms with Crippen LogP contribution in [-0.2, 0) is 12.0 Å². The summed E-state index contributed by atoms with van der Waals surface area (Å²) in [6.07, 6.45) is 1.60. The van der Waals surface area contributed by atoms with Crippen molar-refractivity contribution < 1.29 is 9.47 Å². The van der Waals surface area contributed by atoms with Crippen molar-refractivity contribution in [3.05, 3.63) is 75.3 Å². The van der Waals surface area contributed by atoms with Gasteiger partial charge in [0.1, 0.15) is 12.3 Å². The lowest BCUT2D eigenvalue weighted by Gasteiger charge is -2.19. The molecule has 0 saturated heterocycles. The zero-order chi connectivity index (χ0) is 22.4. The average molecular weight is 422 g/mol. The minimum absolute atomic E-state index is 0.121. The molecule has 1 heterocycles. The summed E-state index contributed by atoms with van der Waals surface area (Å²) in [6, 6.07) is 14.0. The number of aromatic nitrogens is 3. The van der Waals surface area contributed by atoms with Gasteiger partial charge in [-0.2, -0.15) is 15.2 Å². The quantitative estimate of drug-likeness (QED) is 0.444. The summed E-state index contributed by atoms with van der Waals surface area (Å²) in [4.78, 5) is 15.1. The van der Waals surface area contributed by atoms with Crippen LogP contribution in [-0.4, -0.2) is 28.5 Å². The first-order valence-electron chi connectivity index (χ1n) is 9.89. The molecule has 8 nitrogen and oxygen atoms in total. The van der Waals surface area contributed by atoms with Gasteiger partial charge in [-0.3, -0.25) is 5.43 Å². The maximum absolute atomic E-state index is 11.3. The van der Waals surface area contributed by atoms with Gasteiger partial charge in [-0.25, -0.2) is 9.89 Å². The van der Waals surface area contributed by atoms with Gasteiger partial charge in [-0.15, -0.1) is 0 Å². The van der Waals surface area contributed by atoms with Gasteiger partial charge in [-0.05, 0) is 47.2 Å². The van der Waals surface area contributed by atoms with Gasteiger partial charge in [0, 0.05) is 0 Å². The number of anilines is 1. The summed E-state index contributed by atoms with van der Waals surface area (Å²) in [5, 5.41) is 10.2. The Morgan fingerprint density at radius 1 is 1.13 bits per heavy atom. The molecule has 3 rings (SSSR count). The van der Waals surface area contributed by atoms with E-state index in [1.54, 1.807) is 20.2 Å². The molecule has 0 bridgehead atoms. The molecule has 162 valence electrons. The van der Waals surface area contributed by atoms with Crippen molar-refractivity contribution in [1.29, 1.82) is 0 Å². The molecule has 0 saturated carbocycles. The Labute approximate surface area is 181 Å². The van der Waals surface area contributed by atoms with Crippen LogP contribution in [0.1, 0.15) is 43.2 Å². The summed E-state index contributed by atoms with van der Waals surface area (Å²) < 4.78 is 11.4. The van der Waals surface area contributed by atoms with E-state index >= 15 is 0 Å². The van der Waals surface area contributed by atoms with Gasteiger partial charge in [0.2, 0.25) is 0 Å². The Balaban J connectivity index is 1.65. The molecule has 0 aliphatic rings. The third kappa shape index (κ3) is 5.91. The van der Waals surface area contributed by atoms with Crippen LogP contribution in [0.25, 0.3) is 0 Å². The Morgan fingerprint density at radius 2 is 1.87 bits per heavy atom.